The Bertz CT molecular complexity index is 893. The molecule has 0 aliphatic carbocycles. The summed E-state index contributed by atoms with van der Waals surface area (Å²) in [6, 6.07) is 2.72. The van der Waals surface area contributed by atoms with Crippen LogP contribution in [0.1, 0.15) is 36.6 Å². The molecule has 2 aromatic rings. The number of nitro groups is 1. The first-order valence-corrected chi connectivity index (χ1v) is 7.62. The van der Waals surface area contributed by atoms with E-state index in [1.807, 2.05) is 6.92 Å². The monoisotopic (exact) mass is 331 g/mol. The van der Waals surface area contributed by atoms with Gasteiger partial charge in [-0.3, -0.25) is 25.1 Å². The molecule has 0 spiro atoms. The molecule has 24 heavy (non-hydrogen) atoms. The highest BCUT2D eigenvalue weighted by molar-refractivity contribution is 5.90. The van der Waals surface area contributed by atoms with Crippen LogP contribution in [0.4, 0.5) is 5.69 Å². The number of aryl methyl sites for hydroxylation is 1. The lowest BCUT2D eigenvalue weighted by atomic mass is 10.0. The fraction of sp³-hybridized carbons (Fsp3) is 0.375. The van der Waals surface area contributed by atoms with Crippen LogP contribution in [0.15, 0.2) is 21.9 Å². The summed E-state index contributed by atoms with van der Waals surface area (Å²) < 4.78 is 0. The fourth-order valence-electron chi connectivity index (χ4n) is 2.34. The minimum Gasteiger partial charge on any atom is -0.286 e. The van der Waals surface area contributed by atoms with E-state index in [0.29, 0.717) is 22.5 Å². The van der Waals surface area contributed by atoms with E-state index in [4.69, 9.17) is 0 Å². The van der Waals surface area contributed by atoms with E-state index in [1.165, 1.54) is 6.21 Å². The summed E-state index contributed by atoms with van der Waals surface area (Å²) in [5.74, 6) is 0. The highest BCUT2D eigenvalue weighted by Gasteiger charge is 2.23. The molecule has 0 bridgehead atoms. The molecule has 2 rings (SSSR count). The molecule has 0 saturated carbocycles. The summed E-state index contributed by atoms with van der Waals surface area (Å²) in [6.07, 6.45) is 3.06. The number of aromatic nitrogens is 2. The highest BCUT2D eigenvalue weighted by Crippen LogP contribution is 2.29. The molecule has 1 aromatic heterocycles. The van der Waals surface area contributed by atoms with Crippen LogP contribution in [-0.4, -0.2) is 28.0 Å². The number of rotatable bonds is 5. The van der Waals surface area contributed by atoms with Crippen LogP contribution >= 0.6 is 0 Å². The minimum atomic E-state index is -0.591. The van der Waals surface area contributed by atoms with Crippen molar-refractivity contribution in [2.24, 2.45) is 4.99 Å². The third kappa shape index (κ3) is 3.37. The standard InChI is InChI=1S/C16H19N4O4/c1-4-5-6-17-9-14-15(21)8-12-13(18-19(14)22)7-10(2)11(3)16(12)20(23)24/h7-9,22H,4-6H2,1-3H3/q+1. The molecule has 0 atom stereocenters. The second kappa shape index (κ2) is 7.12. The average Bonchev–Trinajstić information content (AvgIpc) is 2.61. The number of aliphatic imine (C=N–C) groups is 1. The summed E-state index contributed by atoms with van der Waals surface area (Å²) in [6.45, 7) is 5.86. The largest absolute Gasteiger partial charge is 0.353 e. The van der Waals surface area contributed by atoms with Gasteiger partial charge in [-0.1, -0.05) is 13.3 Å². The second-order valence-corrected chi connectivity index (χ2v) is 5.53. The van der Waals surface area contributed by atoms with Gasteiger partial charge >= 0.3 is 5.69 Å². The third-order valence-corrected chi connectivity index (χ3v) is 3.81. The van der Waals surface area contributed by atoms with Crippen molar-refractivity contribution in [3.05, 3.63) is 49.3 Å². The maximum atomic E-state index is 12.4. The van der Waals surface area contributed by atoms with Crippen LogP contribution in [0.5, 0.6) is 0 Å². The summed E-state index contributed by atoms with van der Waals surface area (Å²) in [7, 11) is 0. The molecule has 126 valence electrons. The molecule has 0 fully saturated rings. The van der Waals surface area contributed by atoms with Gasteiger partial charge < -0.3 is 0 Å². The SMILES string of the molecule is CCCCN=Cc1c(=O)cc2c([N+](=O)[O-])c(C)c(C)cc2n[n+]1O. The predicted octanol–water partition coefficient (Wildman–Crippen LogP) is 1.86. The van der Waals surface area contributed by atoms with Crippen LogP contribution in [0.2, 0.25) is 0 Å². The Morgan fingerprint density at radius 1 is 1.42 bits per heavy atom. The van der Waals surface area contributed by atoms with Crippen LogP contribution in [0.25, 0.3) is 10.9 Å². The van der Waals surface area contributed by atoms with Gasteiger partial charge in [0, 0.05) is 18.2 Å². The number of unbranched alkanes of at least 4 members (excludes halogenated alkanes) is 1. The van der Waals surface area contributed by atoms with Gasteiger partial charge in [-0.25, -0.2) is 0 Å². The molecule has 0 aliphatic rings. The first-order valence-electron chi connectivity index (χ1n) is 7.62. The molecule has 0 saturated heterocycles. The summed E-state index contributed by atoms with van der Waals surface area (Å²) in [5.41, 5.74) is 0.358. The van der Waals surface area contributed by atoms with E-state index in [-0.39, 0.29) is 22.3 Å². The number of hydrogen-bond acceptors (Lipinski definition) is 6. The maximum Gasteiger partial charge on any atom is 0.353 e. The number of hydrogen-bond donors (Lipinski definition) is 1. The van der Waals surface area contributed by atoms with Gasteiger partial charge in [-0.2, -0.15) is 0 Å². The average molecular weight is 331 g/mol. The van der Waals surface area contributed by atoms with E-state index in [1.54, 1.807) is 19.9 Å². The number of nitro benzene ring substituents is 1. The molecule has 0 radical (unpaired) electrons. The van der Waals surface area contributed by atoms with E-state index in [2.05, 4.69) is 10.1 Å². The van der Waals surface area contributed by atoms with Crippen molar-refractivity contribution in [3.63, 3.8) is 0 Å². The lowest BCUT2D eigenvalue weighted by molar-refractivity contribution is -0.947. The fourth-order valence-corrected chi connectivity index (χ4v) is 2.34. The highest BCUT2D eigenvalue weighted by atomic mass is 16.6. The number of fused-ring (bicyclic) bond motifs is 1. The van der Waals surface area contributed by atoms with Crippen LogP contribution in [0, 0.1) is 24.0 Å². The van der Waals surface area contributed by atoms with Gasteiger partial charge in [0.05, 0.1) is 15.4 Å². The van der Waals surface area contributed by atoms with Crippen molar-refractivity contribution in [1.82, 2.24) is 5.10 Å². The van der Waals surface area contributed by atoms with E-state index in [0.717, 1.165) is 18.9 Å². The van der Waals surface area contributed by atoms with E-state index < -0.39 is 10.4 Å². The Morgan fingerprint density at radius 3 is 2.75 bits per heavy atom. The second-order valence-electron chi connectivity index (χ2n) is 5.53. The van der Waals surface area contributed by atoms with Gasteiger partial charge in [0.25, 0.3) is 11.1 Å². The van der Waals surface area contributed by atoms with Gasteiger partial charge in [-0.15, -0.1) is 0 Å². The zero-order valence-corrected chi connectivity index (χ0v) is 13.8. The predicted molar refractivity (Wildman–Crippen MR) is 88.9 cm³/mol. The molecular weight excluding hydrogens is 312 g/mol. The van der Waals surface area contributed by atoms with Crippen LogP contribution in [0.3, 0.4) is 0 Å². The van der Waals surface area contributed by atoms with Crippen molar-refractivity contribution in [1.29, 1.82) is 0 Å². The van der Waals surface area contributed by atoms with Crippen molar-refractivity contribution in [2.75, 3.05) is 6.54 Å². The Balaban J connectivity index is 2.77. The van der Waals surface area contributed by atoms with Gasteiger partial charge in [0.1, 0.15) is 11.1 Å². The van der Waals surface area contributed by atoms with Gasteiger partial charge in [0.2, 0.25) is 0 Å². The lowest BCUT2D eigenvalue weighted by Crippen LogP contribution is -2.42. The molecule has 1 N–H and O–H groups in total. The zero-order chi connectivity index (χ0) is 17.9. The summed E-state index contributed by atoms with van der Waals surface area (Å²) >= 11 is 0. The lowest BCUT2D eigenvalue weighted by Gasteiger charge is -2.02. The van der Waals surface area contributed by atoms with Crippen LogP contribution < -0.4 is 10.3 Å². The Labute approximate surface area is 138 Å². The zero-order valence-electron chi connectivity index (χ0n) is 13.8. The van der Waals surface area contributed by atoms with Gasteiger partial charge in [0.15, 0.2) is 5.52 Å². The Morgan fingerprint density at radius 2 is 2.12 bits per heavy atom. The third-order valence-electron chi connectivity index (χ3n) is 3.81. The summed E-state index contributed by atoms with van der Waals surface area (Å²) in [5, 5.41) is 25.4. The van der Waals surface area contributed by atoms with Crippen molar-refractivity contribution in [2.45, 2.75) is 33.6 Å². The summed E-state index contributed by atoms with van der Waals surface area (Å²) in [4.78, 5) is 27.7. The van der Waals surface area contributed by atoms with Gasteiger partial charge in [-0.05, 0) is 31.9 Å². The topological polar surface area (TPSA) is 110 Å². The quantitative estimate of drug-likeness (QED) is 0.225. The molecule has 8 nitrogen and oxygen atoms in total. The smallest absolute Gasteiger partial charge is 0.286 e. The maximum absolute atomic E-state index is 12.4. The minimum absolute atomic E-state index is 0.0871. The van der Waals surface area contributed by atoms with Crippen molar-refractivity contribution < 1.29 is 15.0 Å². The normalized spacial score (nSPS) is 11.3. The number of nitrogens with zero attached hydrogens (tertiary/aromatic N) is 4. The molecular formula is C16H19N4O4+. The molecule has 8 heteroatoms. The first kappa shape index (κ1) is 17.5. The first-order chi connectivity index (χ1) is 11.4. The molecule has 1 heterocycles. The van der Waals surface area contributed by atoms with Crippen molar-refractivity contribution >= 4 is 22.8 Å². The van der Waals surface area contributed by atoms with Crippen LogP contribution in [-0.2, 0) is 0 Å². The molecule has 0 unspecified atom stereocenters. The Hall–Kier alpha value is -2.90. The van der Waals surface area contributed by atoms with E-state index in [9.17, 15) is 20.1 Å². The molecule has 0 amide bonds. The molecule has 0 aliphatic heterocycles. The molecule has 1 aromatic carbocycles. The van der Waals surface area contributed by atoms with Crippen molar-refractivity contribution in [3.8, 4) is 0 Å². The van der Waals surface area contributed by atoms with E-state index >= 15 is 0 Å². The Kier molecular flexibility index (Phi) is 5.18. The number of benzene rings is 1.